The summed E-state index contributed by atoms with van der Waals surface area (Å²) in [6.45, 7) is 3.90. The summed E-state index contributed by atoms with van der Waals surface area (Å²) in [6.07, 6.45) is 0. The molecule has 3 rings (SSSR count). The van der Waals surface area contributed by atoms with E-state index in [-0.39, 0.29) is 18.5 Å². The Morgan fingerprint density at radius 3 is 2.50 bits per heavy atom. The third-order valence-corrected chi connectivity index (χ3v) is 3.63. The first-order valence-electron chi connectivity index (χ1n) is 6.94. The molecule has 1 amide bonds. The second-order valence-corrected chi connectivity index (χ2v) is 5.65. The molecule has 0 saturated carbocycles. The Hall–Kier alpha value is -2.56. The number of carbonyl (C=O) groups excluding carboxylic acids is 1. The van der Waals surface area contributed by atoms with E-state index in [1.54, 1.807) is 30.3 Å². The van der Waals surface area contributed by atoms with Crippen LogP contribution in [0.15, 0.2) is 42.5 Å². The largest absolute Gasteiger partial charge is 0.454 e. The molecular formula is C17H16FNO3. The van der Waals surface area contributed by atoms with Crippen molar-refractivity contribution in [3.8, 4) is 11.5 Å². The fraction of sp³-hybridized carbons (Fsp3) is 0.235. The first kappa shape index (κ1) is 14.4. The van der Waals surface area contributed by atoms with E-state index in [4.69, 9.17) is 9.47 Å². The van der Waals surface area contributed by atoms with Crippen molar-refractivity contribution in [2.24, 2.45) is 0 Å². The summed E-state index contributed by atoms with van der Waals surface area (Å²) >= 11 is 0. The normalized spacial score (nSPS) is 13.0. The number of nitrogens with one attached hydrogen (secondary N) is 1. The van der Waals surface area contributed by atoms with Crippen molar-refractivity contribution in [2.45, 2.75) is 19.4 Å². The fourth-order valence-corrected chi connectivity index (χ4v) is 2.33. The first-order valence-corrected chi connectivity index (χ1v) is 6.94. The average Bonchev–Trinajstić information content (AvgIpc) is 2.94. The summed E-state index contributed by atoms with van der Waals surface area (Å²) in [6, 6.07) is 11.1. The van der Waals surface area contributed by atoms with E-state index in [1.807, 2.05) is 13.8 Å². The molecular weight excluding hydrogens is 285 g/mol. The van der Waals surface area contributed by atoms with Gasteiger partial charge in [-0.25, -0.2) is 4.39 Å². The Kier molecular flexibility index (Phi) is 3.48. The number of ether oxygens (including phenoxy) is 2. The van der Waals surface area contributed by atoms with Gasteiger partial charge >= 0.3 is 0 Å². The highest BCUT2D eigenvalue weighted by atomic mass is 19.1. The third kappa shape index (κ3) is 2.74. The maximum absolute atomic E-state index is 13.0. The topological polar surface area (TPSA) is 47.6 Å². The lowest BCUT2D eigenvalue weighted by atomic mass is 9.94. The summed E-state index contributed by atoms with van der Waals surface area (Å²) in [5.74, 6) is 0.663. The smallest absolute Gasteiger partial charge is 0.252 e. The molecule has 4 nitrogen and oxygen atoms in total. The maximum Gasteiger partial charge on any atom is 0.252 e. The molecule has 0 bridgehead atoms. The molecule has 0 spiro atoms. The zero-order valence-electron chi connectivity index (χ0n) is 12.4. The number of amides is 1. The van der Waals surface area contributed by atoms with Gasteiger partial charge in [-0.1, -0.05) is 12.1 Å². The summed E-state index contributed by atoms with van der Waals surface area (Å²) < 4.78 is 23.5. The van der Waals surface area contributed by atoms with E-state index in [9.17, 15) is 9.18 Å². The second-order valence-electron chi connectivity index (χ2n) is 5.65. The molecule has 1 aliphatic rings. The second kappa shape index (κ2) is 5.33. The van der Waals surface area contributed by atoms with Gasteiger partial charge in [0.2, 0.25) is 6.79 Å². The van der Waals surface area contributed by atoms with Gasteiger partial charge in [-0.3, -0.25) is 4.79 Å². The Morgan fingerprint density at radius 2 is 1.77 bits per heavy atom. The van der Waals surface area contributed by atoms with Crippen LogP contribution in [-0.2, 0) is 5.54 Å². The predicted molar refractivity (Wildman–Crippen MR) is 79.5 cm³/mol. The molecule has 114 valence electrons. The van der Waals surface area contributed by atoms with Crippen molar-refractivity contribution in [1.82, 2.24) is 5.32 Å². The maximum atomic E-state index is 13.0. The van der Waals surface area contributed by atoms with Gasteiger partial charge in [0, 0.05) is 5.56 Å². The van der Waals surface area contributed by atoms with E-state index in [0.717, 1.165) is 5.56 Å². The van der Waals surface area contributed by atoms with Crippen molar-refractivity contribution < 1.29 is 18.7 Å². The lowest BCUT2D eigenvalue weighted by Crippen LogP contribution is -2.40. The van der Waals surface area contributed by atoms with Crippen LogP contribution in [0, 0.1) is 5.82 Å². The van der Waals surface area contributed by atoms with Gasteiger partial charge < -0.3 is 14.8 Å². The fourth-order valence-electron chi connectivity index (χ4n) is 2.33. The number of fused-ring (bicyclic) bond motifs is 1. The molecule has 2 aromatic rings. The molecule has 0 aromatic heterocycles. The Balaban J connectivity index is 1.79. The van der Waals surface area contributed by atoms with Gasteiger partial charge in [-0.15, -0.1) is 0 Å². The minimum atomic E-state index is -0.624. The SMILES string of the molecule is CC(C)(NC(=O)c1ccc2c(c1)OCO2)c1ccc(F)cc1. The molecule has 0 radical (unpaired) electrons. The number of hydrogen-bond acceptors (Lipinski definition) is 3. The highest BCUT2D eigenvalue weighted by Crippen LogP contribution is 2.32. The summed E-state index contributed by atoms with van der Waals surface area (Å²) in [7, 11) is 0. The molecule has 1 N–H and O–H groups in total. The minimum Gasteiger partial charge on any atom is -0.454 e. The number of halogens is 1. The van der Waals surface area contributed by atoms with Crippen LogP contribution in [0.25, 0.3) is 0 Å². The summed E-state index contributed by atoms with van der Waals surface area (Å²) in [4.78, 5) is 12.4. The van der Waals surface area contributed by atoms with E-state index in [2.05, 4.69) is 5.32 Å². The van der Waals surface area contributed by atoms with Crippen molar-refractivity contribution in [3.05, 3.63) is 59.4 Å². The van der Waals surface area contributed by atoms with E-state index in [0.29, 0.717) is 17.1 Å². The molecule has 0 atom stereocenters. The third-order valence-electron chi connectivity index (χ3n) is 3.63. The number of hydrogen-bond donors (Lipinski definition) is 1. The average molecular weight is 301 g/mol. The molecule has 1 aliphatic heterocycles. The van der Waals surface area contributed by atoms with Crippen molar-refractivity contribution in [2.75, 3.05) is 6.79 Å². The van der Waals surface area contributed by atoms with E-state index in [1.165, 1.54) is 12.1 Å². The molecule has 5 heteroatoms. The monoisotopic (exact) mass is 301 g/mol. The predicted octanol–water partition coefficient (Wildman–Crippen LogP) is 3.22. The quantitative estimate of drug-likeness (QED) is 0.947. The van der Waals surface area contributed by atoms with Crippen LogP contribution in [-0.4, -0.2) is 12.7 Å². The standard InChI is InChI=1S/C17H16FNO3/c1-17(2,12-4-6-13(18)7-5-12)19-16(20)11-3-8-14-15(9-11)22-10-21-14/h3-9H,10H2,1-2H3,(H,19,20). The van der Waals surface area contributed by atoms with Crippen LogP contribution in [0.4, 0.5) is 4.39 Å². The zero-order chi connectivity index (χ0) is 15.7. The van der Waals surface area contributed by atoms with Crippen molar-refractivity contribution in [3.63, 3.8) is 0 Å². The lowest BCUT2D eigenvalue weighted by Gasteiger charge is -2.27. The van der Waals surface area contributed by atoms with Crippen LogP contribution in [0.3, 0.4) is 0 Å². The van der Waals surface area contributed by atoms with Crippen LogP contribution < -0.4 is 14.8 Å². The van der Waals surface area contributed by atoms with Crippen LogP contribution in [0.1, 0.15) is 29.8 Å². The highest BCUT2D eigenvalue weighted by molar-refractivity contribution is 5.95. The Labute approximate surface area is 127 Å². The molecule has 22 heavy (non-hydrogen) atoms. The van der Waals surface area contributed by atoms with Crippen molar-refractivity contribution >= 4 is 5.91 Å². The zero-order valence-corrected chi connectivity index (χ0v) is 12.4. The lowest BCUT2D eigenvalue weighted by molar-refractivity contribution is 0.0911. The molecule has 2 aromatic carbocycles. The molecule has 1 heterocycles. The number of benzene rings is 2. The van der Waals surface area contributed by atoms with Gasteiger partial charge in [0.1, 0.15) is 5.82 Å². The summed E-state index contributed by atoms with van der Waals surface area (Å²) in [5, 5.41) is 2.94. The highest BCUT2D eigenvalue weighted by Gasteiger charge is 2.24. The number of rotatable bonds is 3. The van der Waals surface area contributed by atoms with Crippen molar-refractivity contribution in [1.29, 1.82) is 0 Å². The Bertz CT molecular complexity index is 710. The van der Waals surface area contributed by atoms with E-state index < -0.39 is 5.54 Å². The molecule has 0 fully saturated rings. The number of carbonyl (C=O) groups is 1. The van der Waals surface area contributed by atoms with Crippen LogP contribution in [0.2, 0.25) is 0 Å². The van der Waals surface area contributed by atoms with Gasteiger partial charge in [0.05, 0.1) is 5.54 Å². The van der Waals surface area contributed by atoms with E-state index >= 15 is 0 Å². The summed E-state index contributed by atoms with van der Waals surface area (Å²) in [5.41, 5.74) is 0.684. The van der Waals surface area contributed by atoms with Gasteiger partial charge in [-0.2, -0.15) is 0 Å². The van der Waals surface area contributed by atoms with Crippen LogP contribution >= 0.6 is 0 Å². The van der Waals surface area contributed by atoms with Gasteiger partial charge in [0.15, 0.2) is 11.5 Å². The molecule has 0 aliphatic carbocycles. The first-order chi connectivity index (χ1) is 10.5. The van der Waals surface area contributed by atoms with Gasteiger partial charge in [-0.05, 0) is 49.7 Å². The Morgan fingerprint density at radius 1 is 1.09 bits per heavy atom. The minimum absolute atomic E-state index is 0.168. The van der Waals surface area contributed by atoms with Crippen LogP contribution in [0.5, 0.6) is 11.5 Å². The molecule has 0 saturated heterocycles. The molecule has 0 unspecified atom stereocenters. The van der Waals surface area contributed by atoms with Gasteiger partial charge in [0.25, 0.3) is 5.91 Å².